The quantitative estimate of drug-likeness (QED) is 0.884. The Morgan fingerprint density at radius 3 is 2.73 bits per heavy atom. The SMILES string of the molecule is CNC(C)CNC(=O)c1cnn(-c2ccccc2F)c1C.Cl. The zero-order valence-corrected chi connectivity index (χ0v) is 13.6. The molecule has 0 aliphatic heterocycles. The molecule has 2 N–H and O–H groups in total. The van der Waals surface area contributed by atoms with Crippen LogP contribution in [0.1, 0.15) is 23.0 Å². The Kier molecular flexibility index (Phi) is 6.52. The first-order chi connectivity index (χ1) is 10.0. The number of halogens is 2. The molecule has 0 saturated carbocycles. The molecule has 0 spiro atoms. The molecule has 1 atom stereocenters. The first kappa shape index (κ1) is 18.1. The Morgan fingerprint density at radius 1 is 1.41 bits per heavy atom. The summed E-state index contributed by atoms with van der Waals surface area (Å²) in [5, 5.41) is 9.98. The third-order valence-electron chi connectivity index (χ3n) is 3.40. The summed E-state index contributed by atoms with van der Waals surface area (Å²) in [6, 6.07) is 6.51. The Balaban J connectivity index is 0.00000242. The van der Waals surface area contributed by atoms with Gasteiger partial charge in [-0.05, 0) is 33.0 Å². The van der Waals surface area contributed by atoms with Crippen LogP contribution in [0.2, 0.25) is 0 Å². The number of amides is 1. The molecule has 7 heteroatoms. The van der Waals surface area contributed by atoms with Gasteiger partial charge < -0.3 is 10.6 Å². The summed E-state index contributed by atoms with van der Waals surface area (Å²) in [5.41, 5.74) is 1.38. The summed E-state index contributed by atoms with van der Waals surface area (Å²) in [5.74, 6) is -0.586. The minimum absolute atomic E-state index is 0. The molecule has 120 valence electrons. The number of likely N-dealkylation sites (N-methyl/N-ethyl adjacent to an activating group) is 1. The largest absolute Gasteiger partial charge is 0.350 e. The normalized spacial score (nSPS) is 11.6. The molecule has 22 heavy (non-hydrogen) atoms. The number of hydrogen-bond donors (Lipinski definition) is 2. The Hall–Kier alpha value is -1.92. The lowest BCUT2D eigenvalue weighted by molar-refractivity contribution is 0.0950. The fourth-order valence-corrected chi connectivity index (χ4v) is 1.94. The van der Waals surface area contributed by atoms with Crippen molar-refractivity contribution in [3.63, 3.8) is 0 Å². The van der Waals surface area contributed by atoms with Gasteiger partial charge >= 0.3 is 0 Å². The maximum absolute atomic E-state index is 13.8. The van der Waals surface area contributed by atoms with Crippen molar-refractivity contribution in [3.05, 3.63) is 47.5 Å². The van der Waals surface area contributed by atoms with Gasteiger partial charge in [-0.15, -0.1) is 12.4 Å². The van der Waals surface area contributed by atoms with E-state index < -0.39 is 0 Å². The number of nitrogens with one attached hydrogen (secondary N) is 2. The van der Waals surface area contributed by atoms with Crippen LogP contribution in [0.15, 0.2) is 30.5 Å². The molecule has 1 heterocycles. The molecule has 1 unspecified atom stereocenters. The average molecular weight is 327 g/mol. The number of aromatic nitrogens is 2. The summed E-state index contributed by atoms with van der Waals surface area (Å²) in [7, 11) is 1.83. The number of carbonyl (C=O) groups is 1. The summed E-state index contributed by atoms with van der Waals surface area (Å²) >= 11 is 0. The highest BCUT2D eigenvalue weighted by Gasteiger charge is 2.16. The third-order valence-corrected chi connectivity index (χ3v) is 3.40. The van der Waals surface area contributed by atoms with Gasteiger partial charge in [0.1, 0.15) is 11.5 Å². The first-order valence-electron chi connectivity index (χ1n) is 6.79. The first-order valence-corrected chi connectivity index (χ1v) is 6.79. The van der Waals surface area contributed by atoms with E-state index in [-0.39, 0.29) is 30.2 Å². The van der Waals surface area contributed by atoms with Crippen LogP contribution in [0, 0.1) is 12.7 Å². The van der Waals surface area contributed by atoms with E-state index in [1.54, 1.807) is 25.1 Å². The van der Waals surface area contributed by atoms with Gasteiger partial charge in [0.2, 0.25) is 0 Å². The monoisotopic (exact) mass is 326 g/mol. The lowest BCUT2D eigenvalue weighted by atomic mass is 10.2. The van der Waals surface area contributed by atoms with E-state index in [1.165, 1.54) is 16.9 Å². The van der Waals surface area contributed by atoms with Crippen molar-refractivity contribution < 1.29 is 9.18 Å². The minimum Gasteiger partial charge on any atom is -0.350 e. The van der Waals surface area contributed by atoms with Crippen LogP contribution in [0.3, 0.4) is 0 Å². The van der Waals surface area contributed by atoms with Crippen LogP contribution in [0.25, 0.3) is 5.69 Å². The fourth-order valence-electron chi connectivity index (χ4n) is 1.94. The summed E-state index contributed by atoms with van der Waals surface area (Å²) in [6.45, 7) is 4.23. The number of rotatable bonds is 5. The lowest BCUT2D eigenvalue weighted by Crippen LogP contribution is -2.37. The summed E-state index contributed by atoms with van der Waals surface area (Å²) in [4.78, 5) is 12.1. The Labute approximate surface area is 135 Å². The Bertz CT molecular complexity index is 644. The van der Waals surface area contributed by atoms with Crippen molar-refractivity contribution in [2.45, 2.75) is 19.9 Å². The second-order valence-corrected chi connectivity index (χ2v) is 4.91. The van der Waals surface area contributed by atoms with Crippen molar-refractivity contribution in [1.82, 2.24) is 20.4 Å². The van der Waals surface area contributed by atoms with Crippen LogP contribution < -0.4 is 10.6 Å². The van der Waals surface area contributed by atoms with Gasteiger partial charge in [0.05, 0.1) is 17.5 Å². The number of benzene rings is 1. The summed E-state index contributed by atoms with van der Waals surface area (Å²) < 4.78 is 15.2. The molecular weight excluding hydrogens is 307 g/mol. The topological polar surface area (TPSA) is 58.9 Å². The van der Waals surface area contributed by atoms with Crippen molar-refractivity contribution in [3.8, 4) is 5.69 Å². The number of nitrogens with zero attached hydrogens (tertiary/aromatic N) is 2. The highest BCUT2D eigenvalue weighted by molar-refractivity contribution is 5.95. The standard InChI is InChI=1S/C15H19FN4O.ClH/c1-10(17-3)8-18-15(21)12-9-19-20(11(12)2)14-7-5-4-6-13(14)16;/h4-7,9-10,17H,8H2,1-3H3,(H,18,21);1H. The van der Waals surface area contributed by atoms with Gasteiger partial charge in [-0.3, -0.25) is 4.79 Å². The minimum atomic E-state index is -0.375. The van der Waals surface area contributed by atoms with Gasteiger partial charge in [0.25, 0.3) is 5.91 Å². The maximum atomic E-state index is 13.8. The Morgan fingerprint density at radius 2 is 2.09 bits per heavy atom. The van der Waals surface area contributed by atoms with Gasteiger partial charge in [-0.1, -0.05) is 12.1 Å². The maximum Gasteiger partial charge on any atom is 0.254 e. The van der Waals surface area contributed by atoms with Gasteiger partial charge in [0, 0.05) is 12.6 Å². The van der Waals surface area contributed by atoms with Crippen LogP contribution in [-0.2, 0) is 0 Å². The van der Waals surface area contributed by atoms with Crippen molar-refractivity contribution in [1.29, 1.82) is 0 Å². The van der Waals surface area contributed by atoms with Crippen LogP contribution >= 0.6 is 12.4 Å². The van der Waals surface area contributed by atoms with Crippen LogP contribution in [-0.4, -0.2) is 35.3 Å². The lowest BCUT2D eigenvalue weighted by Gasteiger charge is -2.11. The second-order valence-electron chi connectivity index (χ2n) is 4.91. The number of hydrogen-bond acceptors (Lipinski definition) is 3. The average Bonchev–Trinajstić information content (AvgIpc) is 2.86. The van der Waals surface area contributed by atoms with Gasteiger partial charge in [-0.2, -0.15) is 5.10 Å². The predicted molar refractivity (Wildman–Crippen MR) is 86.4 cm³/mol. The smallest absolute Gasteiger partial charge is 0.254 e. The molecule has 5 nitrogen and oxygen atoms in total. The van der Waals surface area contributed by atoms with Crippen molar-refractivity contribution in [2.75, 3.05) is 13.6 Å². The van der Waals surface area contributed by atoms with Crippen LogP contribution in [0.5, 0.6) is 0 Å². The second kappa shape index (κ2) is 7.91. The van der Waals surface area contributed by atoms with E-state index in [0.29, 0.717) is 23.5 Å². The van der Waals surface area contributed by atoms with E-state index in [2.05, 4.69) is 15.7 Å². The molecule has 0 aliphatic carbocycles. The molecule has 0 radical (unpaired) electrons. The van der Waals surface area contributed by atoms with E-state index in [4.69, 9.17) is 0 Å². The van der Waals surface area contributed by atoms with Gasteiger partial charge in [0.15, 0.2) is 0 Å². The molecule has 1 amide bonds. The molecule has 2 rings (SSSR count). The van der Waals surface area contributed by atoms with Crippen molar-refractivity contribution >= 4 is 18.3 Å². The third kappa shape index (κ3) is 3.84. The summed E-state index contributed by atoms with van der Waals surface area (Å²) in [6.07, 6.45) is 1.46. The van der Waals surface area contributed by atoms with Crippen LogP contribution in [0.4, 0.5) is 4.39 Å². The highest BCUT2D eigenvalue weighted by Crippen LogP contribution is 2.16. The molecule has 0 saturated heterocycles. The van der Waals surface area contributed by atoms with Crippen molar-refractivity contribution in [2.24, 2.45) is 0 Å². The predicted octanol–water partition coefficient (Wildman–Crippen LogP) is 2.08. The zero-order valence-electron chi connectivity index (χ0n) is 12.8. The molecule has 1 aromatic heterocycles. The molecular formula is C15H20ClFN4O. The van der Waals surface area contributed by atoms with E-state index in [0.717, 1.165) is 0 Å². The number of para-hydroxylation sites is 1. The van der Waals surface area contributed by atoms with Gasteiger partial charge in [-0.25, -0.2) is 9.07 Å². The fraction of sp³-hybridized carbons (Fsp3) is 0.333. The molecule has 1 aromatic carbocycles. The van der Waals surface area contributed by atoms with E-state index >= 15 is 0 Å². The molecule has 0 bridgehead atoms. The highest BCUT2D eigenvalue weighted by atomic mass is 35.5. The number of carbonyl (C=O) groups excluding carboxylic acids is 1. The zero-order chi connectivity index (χ0) is 15.4. The van der Waals surface area contributed by atoms with E-state index in [1.807, 2.05) is 14.0 Å². The molecule has 0 aliphatic rings. The molecule has 2 aromatic rings. The molecule has 0 fully saturated rings. The van der Waals surface area contributed by atoms with E-state index in [9.17, 15) is 9.18 Å².